The number of benzene rings is 2. The van der Waals surface area contributed by atoms with E-state index in [1.807, 2.05) is 20.8 Å². The number of carbonyl (C=O) groups is 1. The monoisotopic (exact) mass is 424 g/mol. The molecule has 2 aromatic carbocycles. The molecular formula is C25H28O6. The van der Waals surface area contributed by atoms with Gasteiger partial charge in [0.15, 0.2) is 5.78 Å². The molecule has 6 heteroatoms. The fourth-order valence-corrected chi connectivity index (χ4v) is 3.84. The lowest BCUT2D eigenvalue weighted by Gasteiger charge is -2.30. The van der Waals surface area contributed by atoms with Crippen LogP contribution in [-0.4, -0.2) is 26.2 Å². The van der Waals surface area contributed by atoms with Gasteiger partial charge in [0.2, 0.25) is 0 Å². The summed E-state index contributed by atoms with van der Waals surface area (Å²) in [4.78, 5) is 12.9. The first-order valence-electron chi connectivity index (χ1n) is 10.2. The number of phenolic OH excluding ortho intramolecular Hbond substituents is 4. The van der Waals surface area contributed by atoms with Crippen LogP contribution >= 0.6 is 0 Å². The Balaban J connectivity index is 2.08. The standard InChI is InChI=1S/C25H28O6/c1-13(2)8-9-15(14(3)4)10-16-19(28)11-20(29)24-21(30)12-22(31-25(16)24)23-17(26)6-5-7-18(23)27/h5-8,11,15,22,26-29H,3,9-10,12H2,1-2,4H3/t15-,22+/m1/s1. The maximum atomic E-state index is 12.9. The van der Waals surface area contributed by atoms with E-state index in [4.69, 9.17) is 4.74 Å². The molecule has 31 heavy (non-hydrogen) atoms. The second kappa shape index (κ2) is 8.76. The zero-order valence-electron chi connectivity index (χ0n) is 18.0. The summed E-state index contributed by atoms with van der Waals surface area (Å²) in [5.74, 6) is -1.29. The van der Waals surface area contributed by atoms with Crippen molar-refractivity contribution in [2.45, 2.75) is 46.1 Å². The van der Waals surface area contributed by atoms with Crippen LogP contribution < -0.4 is 4.74 Å². The molecule has 1 aliphatic heterocycles. The van der Waals surface area contributed by atoms with Crippen molar-refractivity contribution in [3.63, 3.8) is 0 Å². The molecule has 6 nitrogen and oxygen atoms in total. The minimum Gasteiger partial charge on any atom is -0.507 e. The Morgan fingerprint density at radius 3 is 2.35 bits per heavy atom. The Morgan fingerprint density at radius 2 is 1.77 bits per heavy atom. The van der Waals surface area contributed by atoms with Crippen molar-refractivity contribution in [2.75, 3.05) is 0 Å². The number of allylic oxidation sites excluding steroid dienone is 3. The van der Waals surface area contributed by atoms with Crippen molar-refractivity contribution in [1.82, 2.24) is 0 Å². The fraction of sp³-hybridized carbons (Fsp3) is 0.320. The smallest absolute Gasteiger partial charge is 0.174 e. The third kappa shape index (κ3) is 4.53. The Morgan fingerprint density at radius 1 is 1.13 bits per heavy atom. The average Bonchev–Trinajstić information content (AvgIpc) is 2.66. The average molecular weight is 424 g/mol. The van der Waals surface area contributed by atoms with E-state index < -0.39 is 11.9 Å². The molecule has 3 rings (SSSR count). The lowest BCUT2D eigenvalue weighted by molar-refractivity contribution is 0.0836. The SMILES string of the molecule is C=C(C)[C@H](CC=C(C)C)Cc1c(O)cc(O)c2c1O[C@H](c1c(O)cccc1O)CC2=O. The lowest BCUT2D eigenvalue weighted by Crippen LogP contribution is -2.22. The largest absolute Gasteiger partial charge is 0.507 e. The molecule has 0 spiro atoms. The van der Waals surface area contributed by atoms with Crippen LogP contribution in [0.4, 0.5) is 0 Å². The Hall–Kier alpha value is -3.41. The van der Waals surface area contributed by atoms with E-state index in [2.05, 4.69) is 12.7 Å². The third-order valence-corrected chi connectivity index (χ3v) is 5.59. The summed E-state index contributed by atoms with van der Waals surface area (Å²) in [6, 6.07) is 5.44. The summed E-state index contributed by atoms with van der Waals surface area (Å²) >= 11 is 0. The molecule has 0 fully saturated rings. The lowest BCUT2D eigenvalue weighted by atomic mass is 9.86. The summed E-state index contributed by atoms with van der Waals surface area (Å²) in [5, 5.41) is 41.4. The zero-order chi connectivity index (χ0) is 22.9. The maximum absolute atomic E-state index is 12.9. The highest BCUT2D eigenvalue weighted by molar-refractivity contribution is 6.03. The number of rotatable bonds is 6. The van der Waals surface area contributed by atoms with Gasteiger partial charge in [-0.25, -0.2) is 0 Å². The van der Waals surface area contributed by atoms with Crippen LogP contribution in [0.15, 0.2) is 48.1 Å². The number of ketones is 1. The molecule has 0 amide bonds. The quantitative estimate of drug-likeness (QED) is 0.468. The number of hydrogen-bond donors (Lipinski definition) is 4. The summed E-state index contributed by atoms with van der Waals surface area (Å²) < 4.78 is 6.04. The van der Waals surface area contributed by atoms with Gasteiger partial charge in [-0.2, -0.15) is 0 Å². The van der Waals surface area contributed by atoms with E-state index in [9.17, 15) is 25.2 Å². The number of aromatic hydroxyl groups is 4. The van der Waals surface area contributed by atoms with E-state index in [1.165, 1.54) is 18.2 Å². The van der Waals surface area contributed by atoms with Crippen LogP contribution in [0.2, 0.25) is 0 Å². The first-order valence-corrected chi connectivity index (χ1v) is 10.2. The van der Waals surface area contributed by atoms with Gasteiger partial charge in [-0.05, 0) is 51.7 Å². The van der Waals surface area contributed by atoms with Gasteiger partial charge >= 0.3 is 0 Å². The molecular weight excluding hydrogens is 396 g/mol. The molecule has 0 saturated heterocycles. The second-order valence-corrected chi connectivity index (χ2v) is 8.31. The minimum atomic E-state index is -0.956. The van der Waals surface area contributed by atoms with Crippen molar-refractivity contribution >= 4 is 5.78 Å². The number of ether oxygens (including phenoxy) is 1. The van der Waals surface area contributed by atoms with Gasteiger partial charge in [-0.15, -0.1) is 0 Å². The maximum Gasteiger partial charge on any atom is 0.174 e. The van der Waals surface area contributed by atoms with E-state index in [0.29, 0.717) is 18.4 Å². The molecule has 2 atom stereocenters. The van der Waals surface area contributed by atoms with E-state index in [-0.39, 0.29) is 52.2 Å². The van der Waals surface area contributed by atoms with Crippen LogP contribution in [0.1, 0.15) is 61.2 Å². The van der Waals surface area contributed by atoms with Crippen LogP contribution in [0.3, 0.4) is 0 Å². The van der Waals surface area contributed by atoms with Gasteiger partial charge in [-0.3, -0.25) is 4.79 Å². The predicted octanol–water partition coefficient (Wildman–Crippen LogP) is 5.31. The number of phenols is 4. The highest BCUT2D eigenvalue weighted by Gasteiger charge is 2.36. The van der Waals surface area contributed by atoms with Crippen molar-refractivity contribution < 1.29 is 30.0 Å². The minimum absolute atomic E-state index is 0.00152. The summed E-state index contributed by atoms with van der Waals surface area (Å²) in [5.41, 5.74) is 2.55. The summed E-state index contributed by atoms with van der Waals surface area (Å²) in [6.45, 7) is 9.96. The number of carbonyl (C=O) groups excluding carboxylic acids is 1. The molecule has 0 bridgehead atoms. The molecule has 0 radical (unpaired) electrons. The molecule has 0 saturated carbocycles. The van der Waals surface area contributed by atoms with E-state index in [0.717, 1.165) is 17.2 Å². The van der Waals surface area contributed by atoms with Gasteiger partial charge < -0.3 is 25.2 Å². The fourth-order valence-electron chi connectivity index (χ4n) is 3.84. The van der Waals surface area contributed by atoms with Crippen molar-refractivity contribution in [3.05, 3.63) is 64.8 Å². The van der Waals surface area contributed by atoms with Crippen LogP contribution in [0.25, 0.3) is 0 Å². The van der Waals surface area contributed by atoms with Gasteiger partial charge in [0.1, 0.15) is 40.4 Å². The third-order valence-electron chi connectivity index (χ3n) is 5.59. The first kappa shape index (κ1) is 22.3. The zero-order valence-corrected chi connectivity index (χ0v) is 18.0. The van der Waals surface area contributed by atoms with E-state index in [1.54, 1.807) is 0 Å². The van der Waals surface area contributed by atoms with Crippen molar-refractivity contribution in [3.8, 4) is 28.7 Å². The molecule has 0 aromatic heterocycles. The number of fused-ring (bicyclic) bond motifs is 1. The van der Waals surface area contributed by atoms with Crippen molar-refractivity contribution in [1.29, 1.82) is 0 Å². The van der Waals surface area contributed by atoms with Gasteiger partial charge in [0, 0.05) is 11.6 Å². The highest BCUT2D eigenvalue weighted by atomic mass is 16.5. The molecule has 4 N–H and O–H groups in total. The Bertz CT molecular complexity index is 1040. The van der Waals surface area contributed by atoms with Crippen LogP contribution in [-0.2, 0) is 6.42 Å². The van der Waals surface area contributed by atoms with Gasteiger partial charge in [0.25, 0.3) is 0 Å². The first-order chi connectivity index (χ1) is 14.6. The Labute approximate surface area is 181 Å². The molecule has 2 aromatic rings. The number of Topliss-reactive ketones (excluding diaryl/α,β-unsaturated/α-hetero) is 1. The van der Waals surface area contributed by atoms with Gasteiger partial charge in [-0.1, -0.05) is 29.9 Å². The molecule has 1 heterocycles. The molecule has 164 valence electrons. The van der Waals surface area contributed by atoms with Crippen molar-refractivity contribution in [2.24, 2.45) is 5.92 Å². The second-order valence-electron chi connectivity index (χ2n) is 8.31. The molecule has 0 aliphatic carbocycles. The predicted molar refractivity (Wildman–Crippen MR) is 118 cm³/mol. The molecule has 0 unspecified atom stereocenters. The normalized spacial score (nSPS) is 16.2. The van der Waals surface area contributed by atoms with Crippen LogP contribution in [0.5, 0.6) is 28.7 Å². The summed E-state index contributed by atoms with van der Waals surface area (Å²) in [6.07, 6.45) is 2.00. The number of hydrogen-bond acceptors (Lipinski definition) is 6. The molecule has 1 aliphatic rings. The summed E-state index contributed by atoms with van der Waals surface area (Å²) in [7, 11) is 0. The topological polar surface area (TPSA) is 107 Å². The van der Waals surface area contributed by atoms with E-state index >= 15 is 0 Å². The van der Waals surface area contributed by atoms with Gasteiger partial charge in [0.05, 0.1) is 12.0 Å². The van der Waals surface area contributed by atoms with Crippen LogP contribution in [0, 0.1) is 5.92 Å². The highest BCUT2D eigenvalue weighted by Crippen LogP contribution is 2.48. The Kier molecular flexibility index (Phi) is 6.29.